The molecule has 1 heterocycles. The van der Waals surface area contributed by atoms with Crippen molar-refractivity contribution in [2.24, 2.45) is 5.73 Å². The molecule has 0 bridgehead atoms. The van der Waals surface area contributed by atoms with E-state index < -0.39 is 11.8 Å². The van der Waals surface area contributed by atoms with Crippen LogP contribution in [0.1, 0.15) is 5.56 Å². The monoisotopic (exact) mass is 265 g/mol. The first kappa shape index (κ1) is 13.2. The fourth-order valence-corrected chi connectivity index (χ4v) is 1.58. The molecular formula is C12H15N3O4. The molecule has 0 aliphatic carbocycles. The fraction of sp³-hybridized carbons (Fsp3) is 0.333. The molecule has 2 rings (SSSR count). The van der Waals surface area contributed by atoms with Crippen LogP contribution >= 0.6 is 0 Å². The van der Waals surface area contributed by atoms with Crippen LogP contribution < -0.4 is 25.8 Å². The Morgan fingerprint density at radius 2 is 1.89 bits per heavy atom. The molecule has 0 radical (unpaired) electrons. The minimum absolute atomic E-state index is 0.201. The Morgan fingerprint density at radius 3 is 2.68 bits per heavy atom. The largest absolute Gasteiger partial charge is 0.454 e. The van der Waals surface area contributed by atoms with Gasteiger partial charge in [0.05, 0.1) is 0 Å². The van der Waals surface area contributed by atoms with Gasteiger partial charge in [-0.1, -0.05) is 6.07 Å². The van der Waals surface area contributed by atoms with E-state index >= 15 is 0 Å². The van der Waals surface area contributed by atoms with Gasteiger partial charge in [-0.15, -0.1) is 0 Å². The van der Waals surface area contributed by atoms with Crippen molar-refractivity contribution < 1.29 is 19.1 Å². The summed E-state index contributed by atoms with van der Waals surface area (Å²) in [4.78, 5) is 22.7. The first-order valence-corrected chi connectivity index (χ1v) is 5.85. The maximum Gasteiger partial charge on any atom is 0.309 e. The lowest BCUT2D eigenvalue weighted by molar-refractivity contribution is -0.139. The van der Waals surface area contributed by atoms with Gasteiger partial charge in [-0.05, 0) is 17.7 Å². The van der Waals surface area contributed by atoms with Crippen LogP contribution in [0.15, 0.2) is 18.2 Å². The molecule has 1 aromatic carbocycles. The van der Waals surface area contributed by atoms with Gasteiger partial charge in [-0.25, -0.2) is 0 Å². The van der Waals surface area contributed by atoms with Gasteiger partial charge in [0.15, 0.2) is 11.5 Å². The van der Waals surface area contributed by atoms with Crippen molar-refractivity contribution in [1.82, 2.24) is 10.6 Å². The lowest BCUT2D eigenvalue weighted by Crippen LogP contribution is -2.41. The summed E-state index contributed by atoms with van der Waals surface area (Å²) in [5.41, 5.74) is 6.05. The van der Waals surface area contributed by atoms with Crippen LogP contribution in [0.2, 0.25) is 0 Å². The lowest BCUT2D eigenvalue weighted by Gasteiger charge is -2.06. The van der Waals surface area contributed by atoms with E-state index in [1.165, 1.54) is 0 Å². The minimum atomic E-state index is -0.689. The number of nitrogens with one attached hydrogen (secondary N) is 2. The Bertz CT molecular complexity index is 490. The van der Waals surface area contributed by atoms with Crippen molar-refractivity contribution in [2.45, 2.75) is 6.54 Å². The van der Waals surface area contributed by atoms with E-state index in [9.17, 15) is 9.59 Å². The van der Waals surface area contributed by atoms with Crippen LogP contribution in [0.4, 0.5) is 0 Å². The molecule has 102 valence electrons. The van der Waals surface area contributed by atoms with Crippen molar-refractivity contribution >= 4 is 11.8 Å². The number of fused-ring (bicyclic) bond motifs is 1. The highest BCUT2D eigenvalue weighted by Crippen LogP contribution is 2.32. The van der Waals surface area contributed by atoms with E-state index in [1.807, 2.05) is 0 Å². The SMILES string of the molecule is NCCNC(=O)C(=O)NCc1ccc2c(c1)OCO2. The highest BCUT2D eigenvalue weighted by atomic mass is 16.7. The Labute approximate surface area is 110 Å². The third-order valence-corrected chi connectivity index (χ3v) is 2.53. The maximum atomic E-state index is 11.4. The second-order valence-corrected chi connectivity index (χ2v) is 3.91. The van der Waals surface area contributed by atoms with Crippen molar-refractivity contribution in [1.29, 1.82) is 0 Å². The quantitative estimate of drug-likeness (QED) is 0.613. The summed E-state index contributed by atoms with van der Waals surface area (Å²) in [6.45, 7) is 1.01. The fourth-order valence-electron chi connectivity index (χ4n) is 1.58. The molecule has 1 aliphatic rings. The number of benzene rings is 1. The molecular weight excluding hydrogens is 250 g/mol. The van der Waals surface area contributed by atoms with Crippen LogP contribution in [-0.4, -0.2) is 31.7 Å². The molecule has 7 nitrogen and oxygen atoms in total. The number of amides is 2. The number of hydrogen-bond acceptors (Lipinski definition) is 5. The molecule has 4 N–H and O–H groups in total. The molecule has 0 spiro atoms. The van der Waals surface area contributed by atoms with Crippen LogP contribution in [0.25, 0.3) is 0 Å². The maximum absolute atomic E-state index is 11.4. The summed E-state index contributed by atoms with van der Waals surface area (Å²) in [5, 5.41) is 4.90. The summed E-state index contributed by atoms with van der Waals surface area (Å²) in [7, 11) is 0. The molecule has 0 saturated carbocycles. The highest BCUT2D eigenvalue weighted by Gasteiger charge is 2.15. The van der Waals surface area contributed by atoms with E-state index in [2.05, 4.69) is 10.6 Å². The van der Waals surface area contributed by atoms with Crippen LogP contribution in [0.5, 0.6) is 11.5 Å². The second kappa shape index (κ2) is 6.05. The molecule has 19 heavy (non-hydrogen) atoms. The summed E-state index contributed by atoms with van der Waals surface area (Å²) in [5.74, 6) is -0.0626. The van der Waals surface area contributed by atoms with E-state index in [4.69, 9.17) is 15.2 Å². The zero-order chi connectivity index (χ0) is 13.7. The van der Waals surface area contributed by atoms with Gasteiger partial charge in [0.2, 0.25) is 6.79 Å². The van der Waals surface area contributed by atoms with Crippen molar-refractivity contribution in [3.05, 3.63) is 23.8 Å². The zero-order valence-corrected chi connectivity index (χ0v) is 10.3. The molecule has 7 heteroatoms. The standard InChI is InChI=1S/C12H15N3O4/c13-3-4-14-11(16)12(17)15-6-8-1-2-9-10(5-8)19-7-18-9/h1-2,5H,3-4,6-7,13H2,(H,14,16)(H,15,17). The number of hydrogen-bond donors (Lipinski definition) is 3. The third-order valence-electron chi connectivity index (χ3n) is 2.53. The van der Waals surface area contributed by atoms with Gasteiger partial charge in [-0.2, -0.15) is 0 Å². The van der Waals surface area contributed by atoms with Gasteiger partial charge in [0, 0.05) is 19.6 Å². The summed E-state index contributed by atoms with van der Waals surface area (Å²) >= 11 is 0. The van der Waals surface area contributed by atoms with E-state index in [0.717, 1.165) is 5.56 Å². The average molecular weight is 265 g/mol. The van der Waals surface area contributed by atoms with E-state index in [0.29, 0.717) is 18.0 Å². The molecule has 0 fully saturated rings. The predicted octanol–water partition coefficient (Wildman–Crippen LogP) is -0.894. The molecule has 0 saturated heterocycles. The topological polar surface area (TPSA) is 103 Å². The predicted molar refractivity (Wildman–Crippen MR) is 66.5 cm³/mol. The van der Waals surface area contributed by atoms with Crippen LogP contribution in [0.3, 0.4) is 0 Å². The number of rotatable bonds is 4. The number of carbonyl (C=O) groups is 2. The Balaban J connectivity index is 1.85. The third kappa shape index (κ3) is 3.35. The molecule has 1 aliphatic heterocycles. The smallest absolute Gasteiger partial charge is 0.309 e. The summed E-state index contributed by atoms with van der Waals surface area (Å²) in [6, 6.07) is 5.32. The Morgan fingerprint density at radius 1 is 1.16 bits per heavy atom. The van der Waals surface area contributed by atoms with Gasteiger partial charge in [0.1, 0.15) is 0 Å². The molecule has 0 aromatic heterocycles. The number of ether oxygens (including phenoxy) is 2. The first-order valence-electron chi connectivity index (χ1n) is 5.85. The summed E-state index contributed by atoms with van der Waals surface area (Å²) in [6.07, 6.45) is 0. The van der Waals surface area contributed by atoms with Crippen molar-refractivity contribution in [2.75, 3.05) is 19.9 Å². The van der Waals surface area contributed by atoms with Crippen LogP contribution in [-0.2, 0) is 16.1 Å². The summed E-state index contributed by atoms with van der Waals surface area (Å²) < 4.78 is 10.4. The van der Waals surface area contributed by atoms with Crippen LogP contribution in [0, 0.1) is 0 Å². The van der Waals surface area contributed by atoms with Gasteiger partial charge < -0.3 is 25.8 Å². The van der Waals surface area contributed by atoms with Gasteiger partial charge in [0.25, 0.3) is 0 Å². The highest BCUT2D eigenvalue weighted by molar-refractivity contribution is 6.35. The van der Waals surface area contributed by atoms with E-state index in [-0.39, 0.29) is 19.9 Å². The molecule has 0 atom stereocenters. The number of carbonyl (C=O) groups excluding carboxylic acids is 2. The first-order chi connectivity index (χ1) is 9.20. The van der Waals surface area contributed by atoms with E-state index in [1.54, 1.807) is 18.2 Å². The molecule has 1 aromatic rings. The van der Waals surface area contributed by atoms with Gasteiger partial charge in [-0.3, -0.25) is 9.59 Å². The average Bonchev–Trinajstić information content (AvgIpc) is 2.89. The molecule has 0 unspecified atom stereocenters. The normalized spacial score (nSPS) is 12.1. The van der Waals surface area contributed by atoms with Crippen molar-refractivity contribution in [3.8, 4) is 11.5 Å². The van der Waals surface area contributed by atoms with Crippen molar-refractivity contribution in [3.63, 3.8) is 0 Å². The van der Waals surface area contributed by atoms with Gasteiger partial charge >= 0.3 is 11.8 Å². The lowest BCUT2D eigenvalue weighted by atomic mass is 10.2. The Hall–Kier alpha value is -2.28. The minimum Gasteiger partial charge on any atom is -0.454 e. The second-order valence-electron chi connectivity index (χ2n) is 3.91. The Kier molecular flexibility index (Phi) is 4.19. The number of nitrogens with two attached hydrogens (primary N) is 1. The molecule has 2 amide bonds. The zero-order valence-electron chi connectivity index (χ0n) is 10.3.